The molecule has 1 aliphatic rings. The SMILES string of the molecule is Nc1ccc(OC2=NS(=O)(=O)c3ccccc32)cc1. The minimum Gasteiger partial charge on any atom is -0.438 e. The number of rotatable bonds is 1. The normalized spacial score (nSPS) is 15.7. The Hall–Kier alpha value is -2.34. The third-order valence-corrected chi connectivity index (χ3v) is 4.01. The number of anilines is 1. The molecular formula is C13H10N2O3S. The van der Waals surface area contributed by atoms with E-state index in [0.29, 0.717) is 17.0 Å². The van der Waals surface area contributed by atoms with E-state index in [0.717, 1.165) is 0 Å². The van der Waals surface area contributed by atoms with E-state index in [9.17, 15) is 8.42 Å². The molecule has 1 aliphatic heterocycles. The zero-order valence-electron chi connectivity index (χ0n) is 9.78. The number of ether oxygens (including phenoxy) is 1. The zero-order valence-corrected chi connectivity index (χ0v) is 10.6. The second-order valence-electron chi connectivity index (χ2n) is 4.04. The van der Waals surface area contributed by atoms with Gasteiger partial charge in [0.15, 0.2) is 0 Å². The van der Waals surface area contributed by atoms with Gasteiger partial charge in [0.2, 0.25) is 5.90 Å². The average molecular weight is 274 g/mol. The van der Waals surface area contributed by atoms with Crippen molar-refractivity contribution in [2.45, 2.75) is 4.90 Å². The minimum absolute atomic E-state index is 0.0837. The van der Waals surface area contributed by atoms with Gasteiger partial charge >= 0.3 is 0 Å². The minimum atomic E-state index is -3.64. The fourth-order valence-electron chi connectivity index (χ4n) is 1.80. The van der Waals surface area contributed by atoms with Crippen molar-refractivity contribution in [2.24, 2.45) is 4.40 Å². The number of sulfonamides is 1. The Morgan fingerprint density at radius 3 is 2.42 bits per heavy atom. The van der Waals surface area contributed by atoms with Crippen LogP contribution in [0.1, 0.15) is 5.56 Å². The molecule has 2 aromatic rings. The van der Waals surface area contributed by atoms with E-state index >= 15 is 0 Å². The van der Waals surface area contributed by atoms with Crippen molar-refractivity contribution in [3.8, 4) is 5.75 Å². The van der Waals surface area contributed by atoms with E-state index in [2.05, 4.69) is 4.40 Å². The average Bonchev–Trinajstić information content (AvgIpc) is 2.65. The number of nitrogens with two attached hydrogens (primary N) is 1. The maximum absolute atomic E-state index is 11.8. The van der Waals surface area contributed by atoms with E-state index in [1.807, 2.05) is 0 Å². The van der Waals surface area contributed by atoms with Gasteiger partial charge in [-0.25, -0.2) is 0 Å². The molecular weight excluding hydrogens is 264 g/mol. The lowest BCUT2D eigenvalue weighted by atomic mass is 10.2. The van der Waals surface area contributed by atoms with Gasteiger partial charge in [-0.05, 0) is 36.4 Å². The standard InChI is InChI=1S/C13H10N2O3S/c14-9-5-7-10(8-6-9)18-13-11-3-1-2-4-12(11)19(16,17)15-13/h1-8H,14H2. The molecule has 19 heavy (non-hydrogen) atoms. The summed E-state index contributed by atoms with van der Waals surface area (Å²) in [6, 6.07) is 13.2. The molecule has 0 bridgehead atoms. The fourth-order valence-corrected chi connectivity index (χ4v) is 2.93. The quantitative estimate of drug-likeness (QED) is 0.804. The lowest BCUT2D eigenvalue weighted by Gasteiger charge is -2.05. The van der Waals surface area contributed by atoms with Gasteiger partial charge in [-0.2, -0.15) is 8.42 Å². The smallest absolute Gasteiger partial charge is 0.286 e. The molecule has 0 saturated heterocycles. The van der Waals surface area contributed by atoms with E-state index in [1.54, 1.807) is 42.5 Å². The molecule has 0 fully saturated rings. The zero-order chi connectivity index (χ0) is 13.5. The Kier molecular flexibility index (Phi) is 2.53. The van der Waals surface area contributed by atoms with E-state index in [1.165, 1.54) is 6.07 Å². The third-order valence-electron chi connectivity index (χ3n) is 2.69. The van der Waals surface area contributed by atoms with Crippen LogP contribution in [0.25, 0.3) is 0 Å². The molecule has 0 amide bonds. The van der Waals surface area contributed by atoms with Gasteiger partial charge in [-0.15, -0.1) is 4.40 Å². The lowest BCUT2D eigenvalue weighted by molar-refractivity contribution is 0.554. The summed E-state index contributed by atoms with van der Waals surface area (Å²) in [6.45, 7) is 0. The summed E-state index contributed by atoms with van der Waals surface area (Å²) in [5.74, 6) is 0.570. The molecule has 0 radical (unpaired) electrons. The van der Waals surface area contributed by atoms with Crippen LogP contribution >= 0.6 is 0 Å². The van der Waals surface area contributed by atoms with Crippen LogP contribution in [0.5, 0.6) is 5.75 Å². The Morgan fingerprint density at radius 1 is 1.00 bits per heavy atom. The van der Waals surface area contributed by atoms with Crippen molar-refractivity contribution >= 4 is 21.6 Å². The predicted molar refractivity (Wildman–Crippen MR) is 71.6 cm³/mol. The highest BCUT2D eigenvalue weighted by Crippen LogP contribution is 2.27. The van der Waals surface area contributed by atoms with Crippen LogP contribution in [0.2, 0.25) is 0 Å². The first-order chi connectivity index (χ1) is 9.06. The summed E-state index contributed by atoms with van der Waals surface area (Å²) < 4.78 is 32.8. The highest BCUT2D eigenvalue weighted by molar-refractivity contribution is 7.90. The number of hydrogen-bond donors (Lipinski definition) is 1. The fraction of sp³-hybridized carbons (Fsp3) is 0. The van der Waals surface area contributed by atoms with Crippen molar-refractivity contribution in [3.63, 3.8) is 0 Å². The van der Waals surface area contributed by atoms with E-state index in [-0.39, 0.29) is 10.8 Å². The van der Waals surface area contributed by atoms with Gasteiger partial charge in [0.1, 0.15) is 10.6 Å². The molecule has 3 rings (SSSR count). The van der Waals surface area contributed by atoms with Crippen molar-refractivity contribution in [1.82, 2.24) is 0 Å². The van der Waals surface area contributed by atoms with Gasteiger partial charge in [0.05, 0.1) is 5.56 Å². The molecule has 1 heterocycles. The van der Waals surface area contributed by atoms with Crippen molar-refractivity contribution in [3.05, 3.63) is 54.1 Å². The number of nitrogen functional groups attached to an aromatic ring is 1. The van der Waals surface area contributed by atoms with Gasteiger partial charge in [0.25, 0.3) is 10.0 Å². The monoisotopic (exact) mass is 274 g/mol. The van der Waals surface area contributed by atoms with Crippen molar-refractivity contribution < 1.29 is 13.2 Å². The molecule has 5 nitrogen and oxygen atoms in total. The van der Waals surface area contributed by atoms with Crippen LogP contribution in [-0.2, 0) is 10.0 Å². The first-order valence-electron chi connectivity index (χ1n) is 5.54. The predicted octanol–water partition coefficient (Wildman–Crippen LogP) is 1.80. The van der Waals surface area contributed by atoms with Gasteiger partial charge in [-0.1, -0.05) is 12.1 Å². The molecule has 0 unspecified atom stereocenters. The molecule has 6 heteroatoms. The molecule has 0 atom stereocenters. The number of hydrogen-bond acceptors (Lipinski definition) is 4. The first kappa shape index (κ1) is 11.7. The summed E-state index contributed by atoms with van der Waals surface area (Å²) in [7, 11) is -3.64. The molecule has 0 saturated carbocycles. The van der Waals surface area contributed by atoms with E-state index < -0.39 is 10.0 Å². The summed E-state index contributed by atoms with van der Waals surface area (Å²) in [6.07, 6.45) is 0. The lowest BCUT2D eigenvalue weighted by Crippen LogP contribution is -2.07. The van der Waals surface area contributed by atoms with Crippen LogP contribution in [0.15, 0.2) is 57.8 Å². The maximum Gasteiger partial charge on any atom is 0.286 e. The summed E-state index contributed by atoms with van der Waals surface area (Å²) in [4.78, 5) is 0.167. The third kappa shape index (κ3) is 2.06. The topological polar surface area (TPSA) is 81.8 Å². The Morgan fingerprint density at radius 2 is 1.68 bits per heavy atom. The van der Waals surface area contributed by atoms with Crippen LogP contribution in [0, 0.1) is 0 Å². The highest BCUT2D eigenvalue weighted by Gasteiger charge is 2.29. The van der Waals surface area contributed by atoms with Gasteiger partial charge < -0.3 is 10.5 Å². The highest BCUT2D eigenvalue weighted by atomic mass is 32.2. The first-order valence-corrected chi connectivity index (χ1v) is 6.98. The molecule has 0 aliphatic carbocycles. The van der Waals surface area contributed by atoms with Crippen LogP contribution in [0.4, 0.5) is 5.69 Å². The summed E-state index contributed by atoms with van der Waals surface area (Å²) in [5, 5.41) is 0. The second-order valence-corrected chi connectivity index (χ2v) is 5.61. The number of benzene rings is 2. The maximum atomic E-state index is 11.8. The van der Waals surface area contributed by atoms with Crippen LogP contribution in [-0.4, -0.2) is 14.3 Å². The second kappa shape index (κ2) is 4.10. The van der Waals surface area contributed by atoms with Crippen molar-refractivity contribution in [1.29, 1.82) is 0 Å². The number of nitrogens with zero attached hydrogens (tertiary/aromatic N) is 1. The van der Waals surface area contributed by atoms with Crippen LogP contribution < -0.4 is 10.5 Å². The molecule has 2 N–H and O–H groups in total. The summed E-state index contributed by atoms with van der Waals surface area (Å²) >= 11 is 0. The molecule has 2 aromatic carbocycles. The molecule has 0 spiro atoms. The van der Waals surface area contributed by atoms with Crippen LogP contribution in [0.3, 0.4) is 0 Å². The van der Waals surface area contributed by atoms with Gasteiger partial charge in [-0.3, -0.25) is 0 Å². The summed E-state index contributed by atoms with van der Waals surface area (Å²) in [5.41, 5.74) is 6.65. The largest absolute Gasteiger partial charge is 0.438 e. The Balaban J connectivity index is 2.01. The molecule has 96 valence electrons. The Labute approximate surface area is 110 Å². The van der Waals surface area contributed by atoms with Gasteiger partial charge in [0, 0.05) is 5.69 Å². The number of fused-ring (bicyclic) bond motifs is 1. The van der Waals surface area contributed by atoms with Crippen molar-refractivity contribution in [2.75, 3.05) is 5.73 Å². The Bertz CT molecular complexity index is 765. The molecule has 0 aromatic heterocycles. The van der Waals surface area contributed by atoms with E-state index in [4.69, 9.17) is 10.5 Å².